The summed E-state index contributed by atoms with van der Waals surface area (Å²) in [5.74, 6) is -5.49. The van der Waals surface area contributed by atoms with Crippen molar-refractivity contribution in [3.63, 3.8) is 0 Å². The van der Waals surface area contributed by atoms with Crippen LogP contribution in [0.2, 0.25) is 0 Å². The molecule has 2 aromatic heterocycles. The number of anilines is 1. The maximum Gasteiger partial charge on any atom is 0.282 e. The van der Waals surface area contributed by atoms with Gasteiger partial charge in [0.15, 0.2) is 5.75 Å². The summed E-state index contributed by atoms with van der Waals surface area (Å²) >= 11 is 0. The predicted octanol–water partition coefficient (Wildman–Crippen LogP) is 2.54. The maximum atomic E-state index is 14.5. The molecule has 0 saturated heterocycles. The van der Waals surface area contributed by atoms with E-state index in [1.54, 1.807) is 0 Å². The minimum absolute atomic E-state index is 0.0363. The molecule has 0 aliphatic carbocycles. The molecule has 170 valence electrons. The van der Waals surface area contributed by atoms with E-state index in [-0.39, 0.29) is 36.1 Å². The SMILES string of the molecule is N#CCCNC(=O)c1c(O)c2ncc(Cc3ccc(F)cc3)c3c2n(c1=O)CC(F)(F)CN3. The van der Waals surface area contributed by atoms with E-state index in [2.05, 4.69) is 15.6 Å². The third-order valence-electron chi connectivity index (χ3n) is 5.29. The minimum atomic E-state index is -3.34. The zero-order valence-electron chi connectivity index (χ0n) is 17.2. The smallest absolute Gasteiger partial charge is 0.282 e. The lowest BCUT2D eigenvalue weighted by atomic mass is 10.0. The molecule has 4 rings (SSSR count). The summed E-state index contributed by atoms with van der Waals surface area (Å²) in [6, 6.07) is 7.43. The van der Waals surface area contributed by atoms with Gasteiger partial charge in [0.1, 0.15) is 16.9 Å². The quantitative estimate of drug-likeness (QED) is 0.507. The van der Waals surface area contributed by atoms with Gasteiger partial charge in [0, 0.05) is 24.7 Å². The van der Waals surface area contributed by atoms with Gasteiger partial charge in [0.05, 0.1) is 36.8 Å². The molecule has 33 heavy (non-hydrogen) atoms. The summed E-state index contributed by atoms with van der Waals surface area (Å²) in [5, 5.41) is 24.3. The highest BCUT2D eigenvalue weighted by Crippen LogP contribution is 2.36. The number of nitrogens with zero attached hydrogens (tertiary/aromatic N) is 3. The van der Waals surface area contributed by atoms with Crippen molar-refractivity contribution in [2.24, 2.45) is 0 Å². The van der Waals surface area contributed by atoms with Crippen molar-refractivity contribution >= 4 is 22.6 Å². The summed E-state index contributed by atoms with van der Waals surface area (Å²) in [6.07, 6.45) is 1.51. The van der Waals surface area contributed by atoms with Gasteiger partial charge in [-0.2, -0.15) is 5.26 Å². The molecule has 0 unspecified atom stereocenters. The van der Waals surface area contributed by atoms with Crippen LogP contribution >= 0.6 is 0 Å². The van der Waals surface area contributed by atoms with Gasteiger partial charge in [0.25, 0.3) is 17.4 Å². The number of nitrogens with one attached hydrogen (secondary N) is 2. The normalized spacial score (nSPS) is 14.2. The van der Waals surface area contributed by atoms with Gasteiger partial charge in [-0.3, -0.25) is 19.1 Å². The lowest BCUT2D eigenvalue weighted by molar-refractivity contribution is -0.000936. The highest BCUT2D eigenvalue weighted by atomic mass is 19.3. The van der Waals surface area contributed by atoms with Gasteiger partial charge < -0.3 is 15.7 Å². The highest BCUT2D eigenvalue weighted by molar-refractivity contribution is 6.04. The van der Waals surface area contributed by atoms with Crippen LogP contribution in [0.5, 0.6) is 5.75 Å². The van der Waals surface area contributed by atoms with Crippen LogP contribution in [-0.2, 0) is 13.0 Å². The average molecular weight is 457 g/mol. The summed E-state index contributed by atoms with van der Waals surface area (Å²) in [7, 11) is 0. The van der Waals surface area contributed by atoms with Crippen molar-refractivity contribution in [1.29, 1.82) is 5.26 Å². The first-order chi connectivity index (χ1) is 15.7. The van der Waals surface area contributed by atoms with Crippen LogP contribution in [0, 0.1) is 17.1 Å². The highest BCUT2D eigenvalue weighted by Gasteiger charge is 2.36. The zero-order chi connectivity index (χ0) is 23.8. The van der Waals surface area contributed by atoms with Gasteiger partial charge in [0.2, 0.25) is 0 Å². The number of hydrogen-bond acceptors (Lipinski definition) is 6. The Labute approximate surface area is 185 Å². The second-order valence-electron chi connectivity index (χ2n) is 7.65. The number of pyridine rings is 2. The number of rotatable bonds is 5. The number of aromatic nitrogens is 2. The molecule has 1 aliphatic heterocycles. The average Bonchev–Trinajstić information content (AvgIpc) is 2.91. The largest absolute Gasteiger partial charge is 0.505 e. The first-order valence-corrected chi connectivity index (χ1v) is 10.0. The Kier molecular flexibility index (Phi) is 5.68. The predicted molar refractivity (Wildman–Crippen MR) is 113 cm³/mol. The fourth-order valence-electron chi connectivity index (χ4n) is 3.77. The van der Waals surface area contributed by atoms with Crippen LogP contribution in [0.3, 0.4) is 0 Å². The molecule has 1 aliphatic rings. The monoisotopic (exact) mass is 457 g/mol. The molecular weight excluding hydrogens is 439 g/mol. The van der Waals surface area contributed by atoms with Crippen LogP contribution < -0.4 is 16.2 Å². The third-order valence-corrected chi connectivity index (χ3v) is 5.29. The first kappa shape index (κ1) is 22.1. The standard InChI is InChI=1S/C22H18F3N5O3/c23-14-4-2-12(3-5-14)8-13-9-28-17-18-16(13)29-10-22(24,25)11-30(18)21(33)15(19(17)31)20(32)27-7-1-6-26/h2-5,9,29,31H,1,7-8,10-11H2,(H,27,32). The Morgan fingerprint density at radius 2 is 2.06 bits per heavy atom. The molecule has 3 N–H and O–H groups in total. The van der Waals surface area contributed by atoms with Crippen LogP contribution in [0.25, 0.3) is 11.0 Å². The van der Waals surface area contributed by atoms with E-state index >= 15 is 0 Å². The van der Waals surface area contributed by atoms with Gasteiger partial charge in [-0.15, -0.1) is 0 Å². The minimum Gasteiger partial charge on any atom is -0.505 e. The van der Waals surface area contributed by atoms with E-state index in [1.165, 1.54) is 30.5 Å². The summed E-state index contributed by atoms with van der Waals surface area (Å²) in [6.45, 7) is -1.89. The Bertz CT molecular complexity index is 1350. The fourth-order valence-corrected chi connectivity index (χ4v) is 3.77. The first-order valence-electron chi connectivity index (χ1n) is 10.0. The Morgan fingerprint density at radius 3 is 2.76 bits per heavy atom. The van der Waals surface area contributed by atoms with E-state index in [9.17, 15) is 27.9 Å². The van der Waals surface area contributed by atoms with Crippen LogP contribution in [0.4, 0.5) is 18.9 Å². The number of benzene rings is 1. The Morgan fingerprint density at radius 1 is 1.33 bits per heavy atom. The van der Waals surface area contributed by atoms with Crippen LogP contribution in [0.15, 0.2) is 35.3 Å². The number of nitriles is 1. The molecule has 1 amide bonds. The molecule has 3 aromatic rings. The number of carbonyl (C=O) groups excluding carboxylic acids is 1. The molecule has 0 bridgehead atoms. The number of aromatic hydroxyl groups is 1. The maximum absolute atomic E-state index is 14.5. The number of amides is 1. The summed E-state index contributed by atoms with van der Waals surface area (Å²) in [5.41, 5.74) is -0.761. The van der Waals surface area contributed by atoms with Crippen LogP contribution in [-0.4, -0.2) is 39.6 Å². The van der Waals surface area contributed by atoms with Gasteiger partial charge in [-0.25, -0.2) is 13.2 Å². The van der Waals surface area contributed by atoms with Crippen molar-refractivity contribution in [2.45, 2.75) is 25.3 Å². The molecule has 0 saturated carbocycles. The Hall–Kier alpha value is -4.07. The van der Waals surface area contributed by atoms with E-state index in [0.717, 1.165) is 4.57 Å². The molecule has 11 heteroatoms. The Balaban J connectivity index is 1.91. The topological polar surface area (TPSA) is 120 Å². The molecule has 0 atom stereocenters. The van der Waals surface area contributed by atoms with Crippen molar-refractivity contribution in [3.05, 3.63) is 63.3 Å². The molecule has 0 fully saturated rings. The molecule has 3 heterocycles. The van der Waals surface area contributed by atoms with Crippen molar-refractivity contribution < 1.29 is 23.1 Å². The lowest BCUT2D eigenvalue weighted by Gasteiger charge is -2.17. The number of halogens is 3. The number of alkyl halides is 2. The van der Waals surface area contributed by atoms with E-state index in [1.807, 2.05) is 6.07 Å². The van der Waals surface area contributed by atoms with Crippen molar-refractivity contribution in [3.8, 4) is 11.8 Å². The van der Waals surface area contributed by atoms with Crippen molar-refractivity contribution in [1.82, 2.24) is 14.9 Å². The third kappa shape index (κ3) is 4.19. The summed E-state index contributed by atoms with van der Waals surface area (Å²) < 4.78 is 43.1. The molecule has 0 spiro atoms. The molecule has 8 nitrogen and oxygen atoms in total. The molecular formula is C22H18F3N5O3. The van der Waals surface area contributed by atoms with E-state index in [4.69, 9.17) is 5.26 Å². The van der Waals surface area contributed by atoms with E-state index < -0.39 is 47.6 Å². The fraction of sp³-hybridized carbons (Fsp3) is 0.273. The summed E-state index contributed by atoms with van der Waals surface area (Å²) in [4.78, 5) is 29.8. The van der Waals surface area contributed by atoms with Gasteiger partial charge >= 0.3 is 0 Å². The molecule has 1 aromatic carbocycles. The lowest BCUT2D eigenvalue weighted by Crippen LogP contribution is -2.38. The second-order valence-corrected chi connectivity index (χ2v) is 7.65. The second kappa shape index (κ2) is 8.46. The van der Waals surface area contributed by atoms with Crippen molar-refractivity contribution in [2.75, 3.05) is 18.4 Å². The van der Waals surface area contributed by atoms with Crippen LogP contribution in [0.1, 0.15) is 27.9 Å². The zero-order valence-corrected chi connectivity index (χ0v) is 17.2. The number of hydrogen-bond donors (Lipinski definition) is 3. The van der Waals surface area contributed by atoms with E-state index in [0.29, 0.717) is 11.1 Å². The number of carbonyl (C=O) groups is 1. The molecule has 0 radical (unpaired) electrons. The van der Waals surface area contributed by atoms with Gasteiger partial charge in [-0.1, -0.05) is 12.1 Å². The van der Waals surface area contributed by atoms with Gasteiger partial charge in [-0.05, 0) is 17.7 Å².